The van der Waals surface area contributed by atoms with Gasteiger partial charge in [-0.3, -0.25) is 0 Å². The van der Waals surface area contributed by atoms with E-state index in [0.717, 1.165) is 24.9 Å². The third kappa shape index (κ3) is 1.81. The van der Waals surface area contributed by atoms with E-state index in [1.807, 2.05) is 6.07 Å². The number of nitrogens with zero attached hydrogens (tertiary/aromatic N) is 1. The largest absolute Gasteiger partial charge is 0.632 e. The van der Waals surface area contributed by atoms with E-state index in [4.69, 9.17) is 4.42 Å². The predicted molar refractivity (Wildman–Crippen MR) is 70.5 cm³/mol. The summed E-state index contributed by atoms with van der Waals surface area (Å²) in [6.45, 7) is 5.27. The molecule has 0 spiro atoms. The van der Waals surface area contributed by atoms with E-state index >= 15 is 0 Å². The van der Waals surface area contributed by atoms with Crippen LogP contribution in [-0.2, 0) is 0 Å². The van der Waals surface area contributed by atoms with Crippen molar-refractivity contribution in [1.29, 1.82) is 0 Å². The first kappa shape index (κ1) is 12.2. The lowest BCUT2D eigenvalue weighted by molar-refractivity contribution is -0.952. The second-order valence-corrected chi connectivity index (χ2v) is 6.41. The van der Waals surface area contributed by atoms with E-state index in [2.05, 4.69) is 13.8 Å². The minimum Gasteiger partial charge on any atom is -0.632 e. The van der Waals surface area contributed by atoms with Crippen molar-refractivity contribution in [3.8, 4) is 0 Å². The number of hydroxylamine groups is 3. The fourth-order valence-corrected chi connectivity index (χ4v) is 4.18. The molecule has 2 aliphatic heterocycles. The van der Waals surface area contributed by atoms with Crippen LogP contribution >= 0.6 is 0 Å². The lowest BCUT2D eigenvalue weighted by Gasteiger charge is -2.61. The van der Waals surface area contributed by atoms with Crippen LogP contribution in [0.1, 0.15) is 51.1 Å². The zero-order valence-electron chi connectivity index (χ0n) is 11.3. The van der Waals surface area contributed by atoms with Crippen molar-refractivity contribution in [3.63, 3.8) is 0 Å². The highest BCUT2D eigenvalue weighted by Crippen LogP contribution is 2.48. The Morgan fingerprint density at radius 1 is 1.22 bits per heavy atom. The highest BCUT2D eigenvalue weighted by atomic mass is 16.6. The first-order chi connectivity index (χ1) is 8.61. The number of quaternary nitrogens is 1. The average Bonchev–Trinajstić information content (AvgIpc) is 2.81. The quantitative estimate of drug-likeness (QED) is 0.559. The first-order valence-corrected chi connectivity index (χ1v) is 7.22. The summed E-state index contributed by atoms with van der Waals surface area (Å²) in [4.78, 5) is 0. The first-order valence-electron chi connectivity index (χ1n) is 7.22. The van der Waals surface area contributed by atoms with Crippen LogP contribution < -0.4 is 0 Å². The molecule has 100 valence electrons. The summed E-state index contributed by atoms with van der Waals surface area (Å²) >= 11 is 0. The van der Waals surface area contributed by atoms with Crippen molar-refractivity contribution < 1.29 is 9.06 Å². The summed E-state index contributed by atoms with van der Waals surface area (Å²) in [5.41, 5.74) is 1.11. The Labute approximate surface area is 109 Å². The molecule has 0 aliphatic carbocycles. The SMILES string of the molecule is C[C@@H]1CC[C@H]2[C@H](C)CC[C@@H](c3ccoc3)[N@+]2([O-])C1. The minimum atomic E-state index is 0.00185. The summed E-state index contributed by atoms with van der Waals surface area (Å²) in [5, 5.41) is 13.5. The molecule has 3 nitrogen and oxygen atoms in total. The van der Waals surface area contributed by atoms with Crippen LogP contribution in [0, 0.1) is 17.0 Å². The van der Waals surface area contributed by atoms with Crippen LogP contribution in [0.5, 0.6) is 0 Å². The van der Waals surface area contributed by atoms with E-state index < -0.39 is 0 Å². The van der Waals surface area contributed by atoms with Gasteiger partial charge in [-0.1, -0.05) is 13.8 Å². The predicted octanol–water partition coefficient (Wildman–Crippen LogP) is 3.86. The van der Waals surface area contributed by atoms with Crippen molar-refractivity contribution in [2.75, 3.05) is 6.54 Å². The van der Waals surface area contributed by atoms with Gasteiger partial charge in [0.15, 0.2) is 0 Å². The zero-order chi connectivity index (χ0) is 12.8. The molecule has 0 bridgehead atoms. The molecule has 5 atom stereocenters. The maximum Gasteiger partial charge on any atom is 0.118 e. The van der Waals surface area contributed by atoms with Crippen molar-refractivity contribution in [3.05, 3.63) is 29.4 Å². The molecule has 2 fully saturated rings. The number of fused-ring (bicyclic) bond motifs is 1. The van der Waals surface area contributed by atoms with Crippen molar-refractivity contribution in [2.45, 2.75) is 51.6 Å². The summed E-state index contributed by atoms with van der Waals surface area (Å²) in [6.07, 6.45) is 7.97. The van der Waals surface area contributed by atoms with Gasteiger partial charge < -0.3 is 14.3 Å². The lowest BCUT2D eigenvalue weighted by Crippen LogP contribution is -2.62. The topological polar surface area (TPSA) is 36.2 Å². The van der Waals surface area contributed by atoms with E-state index in [-0.39, 0.29) is 10.7 Å². The molecule has 0 aromatic carbocycles. The Bertz CT molecular complexity index is 403. The number of hydrogen-bond acceptors (Lipinski definition) is 2. The van der Waals surface area contributed by atoms with Gasteiger partial charge in [0.25, 0.3) is 0 Å². The number of piperidine rings is 2. The molecule has 3 rings (SSSR count). The average molecular weight is 249 g/mol. The number of furan rings is 1. The molecular weight excluding hydrogens is 226 g/mol. The highest BCUT2D eigenvalue weighted by molar-refractivity contribution is 5.11. The highest BCUT2D eigenvalue weighted by Gasteiger charge is 2.47. The second kappa shape index (κ2) is 4.39. The van der Waals surface area contributed by atoms with Crippen LogP contribution in [0.3, 0.4) is 0 Å². The van der Waals surface area contributed by atoms with Gasteiger partial charge in [-0.05, 0) is 18.9 Å². The fraction of sp³-hybridized carbons (Fsp3) is 0.733. The van der Waals surface area contributed by atoms with Gasteiger partial charge in [0, 0.05) is 30.2 Å². The maximum atomic E-state index is 13.5. The molecule has 3 heterocycles. The van der Waals surface area contributed by atoms with Gasteiger partial charge in [0.2, 0.25) is 0 Å². The smallest absolute Gasteiger partial charge is 0.118 e. The summed E-state index contributed by atoms with van der Waals surface area (Å²) in [5.74, 6) is 1.12. The van der Waals surface area contributed by atoms with Crippen LogP contribution in [0.4, 0.5) is 0 Å². The molecule has 0 unspecified atom stereocenters. The van der Waals surface area contributed by atoms with Crippen molar-refractivity contribution in [1.82, 2.24) is 0 Å². The Morgan fingerprint density at radius 3 is 2.78 bits per heavy atom. The fourth-order valence-electron chi connectivity index (χ4n) is 4.18. The summed E-state index contributed by atoms with van der Waals surface area (Å²) in [6, 6.07) is 2.39. The Balaban J connectivity index is 1.95. The van der Waals surface area contributed by atoms with Crippen LogP contribution in [0.2, 0.25) is 0 Å². The molecule has 18 heavy (non-hydrogen) atoms. The van der Waals surface area contributed by atoms with Crippen LogP contribution in [0.15, 0.2) is 23.0 Å². The van der Waals surface area contributed by atoms with Crippen molar-refractivity contribution in [2.24, 2.45) is 11.8 Å². The second-order valence-electron chi connectivity index (χ2n) is 6.41. The van der Waals surface area contributed by atoms with E-state index in [0.29, 0.717) is 17.9 Å². The third-order valence-electron chi connectivity index (χ3n) is 5.12. The molecule has 0 amide bonds. The zero-order valence-corrected chi connectivity index (χ0v) is 11.3. The Kier molecular flexibility index (Phi) is 2.99. The van der Waals surface area contributed by atoms with E-state index in [9.17, 15) is 5.21 Å². The number of rotatable bonds is 1. The maximum absolute atomic E-state index is 13.5. The molecule has 1 aromatic rings. The molecular formula is C15H23NO2. The molecule has 0 saturated carbocycles. The molecule has 2 aliphatic rings. The van der Waals surface area contributed by atoms with Gasteiger partial charge in [0.1, 0.15) is 6.04 Å². The minimum absolute atomic E-state index is 0.00185. The van der Waals surface area contributed by atoms with Gasteiger partial charge in [-0.15, -0.1) is 0 Å². The van der Waals surface area contributed by atoms with Gasteiger partial charge in [0.05, 0.1) is 25.1 Å². The molecule has 2 saturated heterocycles. The molecule has 1 aromatic heterocycles. The Hall–Kier alpha value is -0.800. The summed E-state index contributed by atoms with van der Waals surface area (Å²) in [7, 11) is 0. The van der Waals surface area contributed by atoms with Crippen LogP contribution in [0.25, 0.3) is 0 Å². The standard InChI is InChI=1S/C15H23NO2/c1-11-3-5-14-12(2)4-6-15(16(14,17)9-11)13-7-8-18-10-13/h7-8,10-12,14-15H,3-6,9H2,1-2H3/t11-,12-,14+,15+,16+/m1/s1. The lowest BCUT2D eigenvalue weighted by atomic mass is 9.77. The van der Waals surface area contributed by atoms with Gasteiger partial charge >= 0.3 is 0 Å². The molecule has 0 N–H and O–H groups in total. The third-order valence-corrected chi connectivity index (χ3v) is 5.12. The molecule has 0 radical (unpaired) electrons. The monoisotopic (exact) mass is 249 g/mol. The van der Waals surface area contributed by atoms with Crippen molar-refractivity contribution >= 4 is 0 Å². The van der Waals surface area contributed by atoms with Gasteiger partial charge in [-0.2, -0.15) is 0 Å². The van der Waals surface area contributed by atoms with E-state index in [1.54, 1.807) is 12.5 Å². The molecule has 3 heteroatoms. The van der Waals surface area contributed by atoms with Crippen LogP contribution in [-0.4, -0.2) is 17.2 Å². The normalized spacial score (nSPS) is 44.6. The van der Waals surface area contributed by atoms with Gasteiger partial charge in [-0.25, -0.2) is 0 Å². The van der Waals surface area contributed by atoms with E-state index in [1.165, 1.54) is 12.8 Å². The Morgan fingerprint density at radius 2 is 2.06 bits per heavy atom. The number of hydrogen-bond donors (Lipinski definition) is 0. The summed E-state index contributed by atoms with van der Waals surface area (Å²) < 4.78 is 5.20.